The lowest BCUT2D eigenvalue weighted by molar-refractivity contribution is 0.0636. The van der Waals surface area contributed by atoms with Crippen molar-refractivity contribution in [2.24, 2.45) is 0 Å². The van der Waals surface area contributed by atoms with Crippen LogP contribution in [0.25, 0.3) is 10.8 Å². The lowest BCUT2D eigenvalue weighted by Gasteiger charge is -2.20. The molecular weight excluding hydrogens is 536 g/mol. The summed E-state index contributed by atoms with van der Waals surface area (Å²) >= 11 is 0. The Morgan fingerprint density at radius 2 is 1.67 bits per heavy atom. The zero-order valence-corrected chi connectivity index (χ0v) is 24.6. The van der Waals surface area contributed by atoms with Crippen LogP contribution >= 0.6 is 0 Å². The zero-order valence-electron chi connectivity index (χ0n) is 24.6. The van der Waals surface area contributed by atoms with Crippen LogP contribution in [0.2, 0.25) is 0 Å². The molecule has 220 valence electrons. The molecule has 0 radical (unpaired) electrons. The summed E-state index contributed by atoms with van der Waals surface area (Å²) in [6, 6.07) is 17.8. The first-order valence-electron chi connectivity index (χ1n) is 13.4. The monoisotopic (exact) mass is 572 g/mol. The van der Waals surface area contributed by atoms with Crippen LogP contribution in [0.5, 0.6) is 17.4 Å². The highest BCUT2D eigenvalue weighted by Crippen LogP contribution is 2.35. The van der Waals surface area contributed by atoms with E-state index in [1.807, 2.05) is 64.0 Å². The lowest BCUT2D eigenvalue weighted by Crippen LogP contribution is -2.31. The summed E-state index contributed by atoms with van der Waals surface area (Å²) in [5.74, 6) is 1.41. The Labute approximate surface area is 245 Å². The van der Waals surface area contributed by atoms with Crippen LogP contribution in [-0.4, -0.2) is 66.8 Å². The predicted molar refractivity (Wildman–Crippen MR) is 163 cm³/mol. The molecule has 11 heteroatoms. The van der Waals surface area contributed by atoms with Gasteiger partial charge in [-0.25, -0.2) is 9.78 Å². The molecule has 0 atom stereocenters. The normalized spacial score (nSPS) is 11.2. The Hall–Kier alpha value is -4.90. The van der Waals surface area contributed by atoms with E-state index in [-0.39, 0.29) is 11.9 Å². The maximum Gasteiger partial charge on any atom is 0.412 e. The fourth-order valence-electron chi connectivity index (χ4n) is 4.02. The average Bonchev–Trinajstić information content (AvgIpc) is 2.93. The first-order valence-corrected chi connectivity index (χ1v) is 13.4. The van der Waals surface area contributed by atoms with Crippen molar-refractivity contribution in [1.82, 2.24) is 20.2 Å². The van der Waals surface area contributed by atoms with Crippen LogP contribution in [0.3, 0.4) is 0 Å². The fraction of sp³-hybridized carbons (Fsp3) is 0.290. The molecule has 0 spiro atoms. The van der Waals surface area contributed by atoms with Gasteiger partial charge >= 0.3 is 6.09 Å². The number of likely N-dealkylation sites (N-methyl/N-ethyl adjacent to an activating group) is 1. The van der Waals surface area contributed by atoms with Crippen LogP contribution in [-0.2, 0) is 4.74 Å². The summed E-state index contributed by atoms with van der Waals surface area (Å²) in [5, 5.41) is 10.4. The van der Waals surface area contributed by atoms with E-state index in [2.05, 4.69) is 25.9 Å². The van der Waals surface area contributed by atoms with E-state index in [1.54, 1.807) is 49.7 Å². The maximum absolute atomic E-state index is 12.7. The van der Waals surface area contributed by atoms with Crippen LogP contribution in [0, 0.1) is 0 Å². The molecule has 42 heavy (non-hydrogen) atoms. The van der Waals surface area contributed by atoms with E-state index < -0.39 is 11.7 Å². The lowest BCUT2D eigenvalue weighted by atomic mass is 10.1. The van der Waals surface area contributed by atoms with Crippen molar-refractivity contribution in [1.29, 1.82) is 0 Å². The number of nitrogens with one attached hydrogen (secondary N) is 3. The third-order valence-electron chi connectivity index (χ3n) is 5.92. The Bertz CT molecular complexity index is 1570. The Kier molecular flexibility index (Phi) is 9.43. The topological polar surface area (TPSA) is 127 Å². The van der Waals surface area contributed by atoms with Crippen molar-refractivity contribution in [3.8, 4) is 17.4 Å². The second-order valence-corrected chi connectivity index (χ2v) is 10.7. The number of anilines is 3. The molecule has 0 unspecified atom stereocenters. The number of aromatic nitrogens is 2. The standard InChI is InChI=1S/C31H36N6O5/c1-31(2,3)42-30(39)35-23-12-14-25(22-10-8-7-9-21(22)23)41-27-15-16-33-29(36-27)34-24-19-20(11-13-26(24)40-6)28(38)32-17-18-37(4)5/h7-16,19H,17-18H2,1-6H3,(H,32,38)(H,35,39)(H,33,34,36). The number of rotatable bonds is 10. The number of carbonyl (C=O) groups excluding carboxylic acids is 2. The second kappa shape index (κ2) is 13.2. The molecule has 4 aromatic rings. The van der Waals surface area contributed by atoms with E-state index >= 15 is 0 Å². The van der Waals surface area contributed by atoms with E-state index in [0.29, 0.717) is 40.9 Å². The number of hydrogen-bond acceptors (Lipinski definition) is 9. The minimum Gasteiger partial charge on any atom is -0.495 e. The van der Waals surface area contributed by atoms with Gasteiger partial charge in [-0.2, -0.15) is 4.98 Å². The molecule has 1 aromatic heterocycles. The summed E-state index contributed by atoms with van der Waals surface area (Å²) < 4.78 is 17.0. The van der Waals surface area contributed by atoms with Crippen molar-refractivity contribution >= 4 is 40.1 Å². The molecule has 2 amide bonds. The SMILES string of the molecule is COc1ccc(C(=O)NCCN(C)C)cc1Nc1nccc(Oc2ccc(NC(=O)OC(C)(C)C)c3ccccc23)n1. The van der Waals surface area contributed by atoms with E-state index in [9.17, 15) is 9.59 Å². The predicted octanol–water partition coefficient (Wildman–Crippen LogP) is 5.81. The van der Waals surface area contributed by atoms with Gasteiger partial charge in [0.15, 0.2) is 0 Å². The van der Waals surface area contributed by atoms with Crippen molar-refractivity contribution in [3.05, 3.63) is 72.4 Å². The Morgan fingerprint density at radius 3 is 2.38 bits per heavy atom. The van der Waals surface area contributed by atoms with E-state index in [4.69, 9.17) is 14.2 Å². The third-order valence-corrected chi connectivity index (χ3v) is 5.92. The number of methoxy groups -OCH3 is 1. The van der Waals surface area contributed by atoms with Gasteiger partial charge in [0.1, 0.15) is 17.1 Å². The van der Waals surface area contributed by atoms with Crippen molar-refractivity contribution < 1.29 is 23.8 Å². The molecule has 11 nitrogen and oxygen atoms in total. The van der Waals surface area contributed by atoms with Crippen molar-refractivity contribution in [2.75, 3.05) is 44.9 Å². The van der Waals surface area contributed by atoms with Crippen LogP contribution < -0.4 is 25.4 Å². The van der Waals surface area contributed by atoms with Crippen molar-refractivity contribution in [3.63, 3.8) is 0 Å². The molecule has 0 saturated heterocycles. The van der Waals surface area contributed by atoms with Crippen LogP contribution in [0.4, 0.5) is 22.1 Å². The minimum absolute atomic E-state index is 0.197. The number of carbonyl (C=O) groups is 2. The molecule has 0 aliphatic rings. The third kappa shape index (κ3) is 8.07. The fourth-order valence-corrected chi connectivity index (χ4v) is 4.02. The summed E-state index contributed by atoms with van der Waals surface area (Å²) in [4.78, 5) is 35.9. The summed E-state index contributed by atoms with van der Waals surface area (Å²) in [7, 11) is 5.44. The largest absolute Gasteiger partial charge is 0.495 e. The number of fused-ring (bicyclic) bond motifs is 1. The number of amides is 2. The highest BCUT2D eigenvalue weighted by atomic mass is 16.6. The molecule has 0 saturated carbocycles. The van der Waals surface area contributed by atoms with Gasteiger partial charge < -0.3 is 29.7 Å². The average molecular weight is 573 g/mol. The van der Waals surface area contributed by atoms with Gasteiger partial charge in [0.25, 0.3) is 5.91 Å². The number of nitrogens with zero attached hydrogens (tertiary/aromatic N) is 3. The van der Waals surface area contributed by atoms with Crippen LogP contribution in [0.15, 0.2) is 66.9 Å². The minimum atomic E-state index is -0.620. The van der Waals surface area contributed by atoms with E-state index in [0.717, 1.165) is 17.3 Å². The summed E-state index contributed by atoms with van der Waals surface area (Å²) in [6.07, 6.45) is 1.02. The number of benzene rings is 3. The Balaban J connectivity index is 1.54. The van der Waals surface area contributed by atoms with Gasteiger partial charge in [-0.3, -0.25) is 10.1 Å². The van der Waals surface area contributed by atoms with Crippen molar-refractivity contribution in [2.45, 2.75) is 26.4 Å². The number of hydrogen-bond donors (Lipinski definition) is 3. The molecule has 3 N–H and O–H groups in total. The summed E-state index contributed by atoms with van der Waals surface area (Å²) in [5.41, 5.74) is 0.967. The summed E-state index contributed by atoms with van der Waals surface area (Å²) in [6.45, 7) is 6.68. The smallest absolute Gasteiger partial charge is 0.412 e. The van der Waals surface area contributed by atoms with E-state index in [1.165, 1.54) is 0 Å². The van der Waals surface area contributed by atoms with Gasteiger partial charge in [-0.15, -0.1) is 0 Å². The zero-order chi connectivity index (χ0) is 30.3. The highest BCUT2D eigenvalue weighted by molar-refractivity contribution is 6.03. The van der Waals surface area contributed by atoms with Gasteiger partial charge in [-0.05, 0) is 65.2 Å². The highest BCUT2D eigenvalue weighted by Gasteiger charge is 2.18. The Morgan fingerprint density at radius 1 is 0.929 bits per heavy atom. The van der Waals surface area contributed by atoms with Gasteiger partial charge in [0, 0.05) is 41.7 Å². The second-order valence-electron chi connectivity index (χ2n) is 10.7. The molecular formula is C31H36N6O5. The quantitative estimate of drug-likeness (QED) is 0.216. The first-order chi connectivity index (χ1) is 20.0. The first kappa shape index (κ1) is 30.1. The van der Waals surface area contributed by atoms with Crippen LogP contribution in [0.1, 0.15) is 31.1 Å². The molecule has 0 bridgehead atoms. The molecule has 0 aliphatic carbocycles. The number of ether oxygens (including phenoxy) is 3. The van der Waals surface area contributed by atoms with Gasteiger partial charge in [0.05, 0.1) is 18.5 Å². The van der Waals surface area contributed by atoms with Gasteiger partial charge in [-0.1, -0.05) is 24.3 Å². The molecule has 0 fully saturated rings. The maximum atomic E-state index is 12.7. The van der Waals surface area contributed by atoms with Gasteiger partial charge in [0.2, 0.25) is 11.8 Å². The molecule has 0 aliphatic heterocycles. The molecule has 3 aromatic carbocycles. The molecule has 1 heterocycles. The molecule has 4 rings (SSSR count).